The van der Waals surface area contributed by atoms with Gasteiger partial charge in [-0.25, -0.2) is 4.39 Å². The number of nitrogens with one attached hydrogen (secondary N) is 1. The highest BCUT2D eigenvalue weighted by Crippen LogP contribution is 2.17. The normalized spacial score (nSPS) is 12.9. The fourth-order valence-electron chi connectivity index (χ4n) is 2.45. The summed E-state index contributed by atoms with van der Waals surface area (Å²) in [7, 11) is 0. The van der Waals surface area contributed by atoms with Crippen LogP contribution in [0.4, 0.5) is 4.39 Å². The van der Waals surface area contributed by atoms with Crippen molar-refractivity contribution >= 4 is 11.6 Å². The van der Waals surface area contributed by atoms with E-state index in [0.717, 1.165) is 51.0 Å². The molecule has 0 spiro atoms. The summed E-state index contributed by atoms with van der Waals surface area (Å²) in [6, 6.07) is 5.44. The molecule has 0 fully saturated rings. The minimum absolute atomic E-state index is 0.213. The Morgan fingerprint density at radius 3 is 2.52 bits per heavy atom. The van der Waals surface area contributed by atoms with Crippen LogP contribution in [-0.2, 0) is 6.42 Å². The van der Waals surface area contributed by atoms with Crippen molar-refractivity contribution in [2.45, 2.75) is 46.1 Å². The number of hydrogen-bond donors (Lipinski definition) is 1. The summed E-state index contributed by atoms with van der Waals surface area (Å²) in [5, 5.41) is 3.81. The lowest BCUT2D eigenvalue weighted by molar-refractivity contribution is 0.280. The molecule has 0 amide bonds. The van der Waals surface area contributed by atoms with E-state index in [4.69, 9.17) is 11.6 Å². The Hall–Kier alpha value is -0.640. The zero-order chi connectivity index (χ0) is 15.7. The lowest BCUT2D eigenvalue weighted by atomic mass is 10.0. The molecule has 0 radical (unpaired) electrons. The standard InChI is InChI=1S/C17H28ClFN2/c1-4-10-20-15(9-11-21(5-2)6-3)12-14-7-8-17(19)16(18)13-14/h7-8,13,15,20H,4-6,9-12H2,1-3H3. The first-order valence-corrected chi connectivity index (χ1v) is 8.38. The highest BCUT2D eigenvalue weighted by Gasteiger charge is 2.12. The molecule has 1 N–H and O–H groups in total. The van der Waals surface area contributed by atoms with E-state index in [1.807, 2.05) is 6.07 Å². The second-order valence-corrected chi connectivity index (χ2v) is 5.83. The molecule has 120 valence electrons. The second-order valence-electron chi connectivity index (χ2n) is 5.42. The number of benzene rings is 1. The smallest absolute Gasteiger partial charge is 0.141 e. The maximum absolute atomic E-state index is 13.2. The summed E-state index contributed by atoms with van der Waals surface area (Å²) in [5.41, 5.74) is 1.09. The monoisotopic (exact) mass is 314 g/mol. The van der Waals surface area contributed by atoms with Gasteiger partial charge in [0.15, 0.2) is 0 Å². The van der Waals surface area contributed by atoms with E-state index >= 15 is 0 Å². The molecule has 0 aliphatic rings. The summed E-state index contributed by atoms with van der Waals surface area (Å²) in [5.74, 6) is -0.346. The first kappa shape index (κ1) is 18.4. The molecule has 0 saturated carbocycles. The fraction of sp³-hybridized carbons (Fsp3) is 0.647. The summed E-state index contributed by atoms with van der Waals surface area (Å²) < 4.78 is 13.2. The largest absolute Gasteiger partial charge is 0.314 e. The van der Waals surface area contributed by atoms with Crippen molar-refractivity contribution in [1.29, 1.82) is 0 Å². The van der Waals surface area contributed by atoms with Crippen molar-refractivity contribution < 1.29 is 4.39 Å². The molecule has 0 bridgehead atoms. The summed E-state index contributed by atoms with van der Waals surface area (Å²) in [6.07, 6.45) is 3.10. The molecular formula is C17H28ClFN2. The second kappa shape index (κ2) is 10.1. The van der Waals surface area contributed by atoms with Crippen LogP contribution in [0.15, 0.2) is 18.2 Å². The van der Waals surface area contributed by atoms with E-state index in [9.17, 15) is 4.39 Å². The van der Waals surface area contributed by atoms with Gasteiger partial charge in [0, 0.05) is 6.04 Å². The Labute approximate surface area is 133 Å². The number of halogens is 2. The van der Waals surface area contributed by atoms with Gasteiger partial charge in [0.2, 0.25) is 0 Å². The highest BCUT2D eigenvalue weighted by atomic mass is 35.5. The average Bonchev–Trinajstić information content (AvgIpc) is 2.49. The predicted molar refractivity (Wildman–Crippen MR) is 89.6 cm³/mol. The van der Waals surface area contributed by atoms with Gasteiger partial charge in [-0.3, -0.25) is 0 Å². The third-order valence-corrected chi connectivity index (χ3v) is 4.13. The average molecular weight is 315 g/mol. The first-order valence-electron chi connectivity index (χ1n) is 8.00. The van der Waals surface area contributed by atoms with Gasteiger partial charge >= 0.3 is 0 Å². The molecule has 0 aliphatic heterocycles. The Kier molecular flexibility index (Phi) is 8.90. The third-order valence-electron chi connectivity index (χ3n) is 3.84. The van der Waals surface area contributed by atoms with Gasteiger partial charge in [-0.1, -0.05) is 38.4 Å². The topological polar surface area (TPSA) is 15.3 Å². The van der Waals surface area contributed by atoms with E-state index < -0.39 is 0 Å². The summed E-state index contributed by atoms with van der Waals surface area (Å²) in [4.78, 5) is 2.43. The molecule has 0 aliphatic carbocycles. The first-order chi connectivity index (χ1) is 10.1. The molecule has 1 unspecified atom stereocenters. The highest BCUT2D eigenvalue weighted by molar-refractivity contribution is 6.30. The van der Waals surface area contributed by atoms with Gasteiger partial charge in [-0.2, -0.15) is 0 Å². The van der Waals surface area contributed by atoms with Crippen LogP contribution in [-0.4, -0.2) is 37.1 Å². The van der Waals surface area contributed by atoms with Crippen molar-refractivity contribution in [1.82, 2.24) is 10.2 Å². The van der Waals surface area contributed by atoms with Crippen LogP contribution in [0, 0.1) is 5.82 Å². The number of hydrogen-bond acceptors (Lipinski definition) is 2. The van der Waals surface area contributed by atoms with Crippen molar-refractivity contribution in [3.63, 3.8) is 0 Å². The molecule has 1 aromatic carbocycles. The van der Waals surface area contributed by atoms with Crippen molar-refractivity contribution in [2.75, 3.05) is 26.2 Å². The predicted octanol–water partition coefficient (Wildman–Crippen LogP) is 4.12. The molecule has 0 saturated heterocycles. The molecule has 0 aromatic heterocycles. The van der Waals surface area contributed by atoms with Crippen LogP contribution < -0.4 is 5.32 Å². The minimum Gasteiger partial charge on any atom is -0.314 e. The zero-order valence-corrected chi connectivity index (χ0v) is 14.2. The van der Waals surface area contributed by atoms with Crippen molar-refractivity contribution in [2.24, 2.45) is 0 Å². The van der Waals surface area contributed by atoms with E-state index in [2.05, 4.69) is 31.0 Å². The van der Waals surface area contributed by atoms with Crippen LogP contribution in [0.1, 0.15) is 39.2 Å². The van der Waals surface area contributed by atoms with Gasteiger partial charge in [0.05, 0.1) is 5.02 Å². The Morgan fingerprint density at radius 1 is 1.24 bits per heavy atom. The van der Waals surface area contributed by atoms with Crippen molar-refractivity contribution in [3.05, 3.63) is 34.6 Å². The minimum atomic E-state index is -0.346. The SMILES string of the molecule is CCCNC(CCN(CC)CC)Cc1ccc(F)c(Cl)c1. The molecule has 2 nitrogen and oxygen atoms in total. The van der Waals surface area contributed by atoms with Crippen LogP contribution in [0.5, 0.6) is 0 Å². The molecule has 1 atom stereocenters. The van der Waals surface area contributed by atoms with E-state index in [1.54, 1.807) is 6.07 Å². The van der Waals surface area contributed by atoms with Gasteiger partial charge in [0.1, 0.15) is 5.82 Å². The molecule has 0 heterocycles. The lowest BCUT2D eigenvalue weighted by Crippen LogP contribution is -2.36. The summed E-state index contributed by atoms with van der Waals surface area (Å²) >= 11 is 5.87. The number of nitrogens with zero attached hydrogens (tertiary/aromatic N) is 1. The van der Waals surface area contributed by atoms with Gasteiger partial charge in [0.25, 0.3) is 0 Å². The molecule has 4 heteroatoms. The molecular weight excluding hydrogens is 287 g/mol. The van der Waals surface area contributed by atoms with Crippen LogP contribution in [0.25, 0.3) is 0 Å². The summed E-state index contributed by atoms with van der Waals surface area (Å²) in [6.45, 7) is 10.8. The molecule has 1 aromatic rings. The van der Waals surface area contributed by atoms with Gasteiger partial charge < -0.3 is 10.2 Å². The molecule has 21 heavy (non-hydrogen) atoms. The van der Waals surface area contributed by atoms with Crippen LogP contribution in [0.3, 0.4) is 0 Å². The lowest BCUT2D eigenvalue weighted by Gasteiger charge is -2.24. The van der Waals surface area contributed by atoms with E-state index in [0.29, 0.717) is 6.04 Å². The maximum atomic E-state index is 13.2. The molecule has 1 rings (SSSR count). The van der Waals surface area contributed by atoms with Gasteiger partial charge in [-0.15, -0.1) is 0 Å². The quantitative estimate of drug-likeness (QED) is 0.699. The van der Waals surface area contributed by atoms with E-state index in [1.165, 1.54) is 6.07 Å². The van der Waals surface area contributed by atoms with Gasteiger partial charge in [-0.05, 0) is 63.1 Å². The Morgan fingerprint density at radius 2 is 1.95 bits per heavy atom. The Bertz CT molecular complexity index is 408. The Balaban J connectivity index is 2.61. The van der Waals surface area contributed by atoms with Crippen LogP contribution in [0.2, 0.25) is 5.02 Å². The number of rotatable bonds is 10. The maximum Gasteiger partial charge on any atom is 0.141 e. The zero-order valence-electron chi connectivity index (χ0n) is 13.5. The van der Waals surface area contributed by atoms with E-state index in [-0.39, 0.29) is 10.8 Å². The van der Waals surface area contributed by atoms with Crippen LogP contribution >= 0.6 is 11.6 Å². The fourth-order valence-corrected chi connectivity index (χ4v) is 2.66. The third kappa shape index (κ3) is 6.77. The van der Waals surface area contributed by atoms with Crippen molar-refractivity contribution in [3.8, 4) is 0 Å².